The van der Waals surface area contributed by atoms with Crippen molar-refractivity contribution in [3.63, 3.8) is 0 Å². The number of carbonyl (C=O) groups is 1. The molecule has 0 bridgehead atoms. The Morgan fingerprint density at radius 1 is 1.47 bits per heavy atom. The van der Waals surface area contributed by atoms with Crippen LogP contribution < -0.4 is 15.5 Å². The highest BCUT2D eigenvalue weighted by atomic mass is 32.1. The van der Waals surface area contributed by atoms with E-state index in [0.717, 1.165) is 11.3 Å². The summed E-state index contributed by atoms with van der Waals surface area (Å²) in [4.78, 5) is 13.4. The van der Waals surface area contributed by atoms with Gasteiger partial charge in [0.25, 0.3) is 0 Å². The average Bonchev–Trinajstić information content (AvgIpc) is 2.78. The highest BCUT2D eigenvalue weighted by Gasteiger charge is 2.32. The highest BCUT2D eigenvalue weighted by Crippen LogP contribution is 2.21. The van der Waals surface area contributed by atoms with E-state index in [-0.39, 0.29) is 12.2 Å². The summed E-state index contributed by atoms with van der Waals surface area (Å²) in [6.45, 7) is 3.05. The molecule has 1 aliphatic heterocycles. The molecule has 1 aromatic rings. The van der Waals surface area contributed by atoms with E-state index in [0.29, 0.717) is 18.2 Å². The van der Waals surface area contributed by atoms with Gasteiger partial charge in [0, 0.05) is 12.7 Å². The Bertz CT molecular complexity index is 475. The largest absolute Gasteiger partial charge is 0.442 e. The van der Waals surface area contributed by atoms with Crippen LogP contribution in [-0.2, 0) is 4.74 Å². The summed E-state index contributed by atoms with van der Waals surface area (Å²) in [5, 5.41) is 6.35. The molecule has 102 valence electrons. The lowest BCUT2D eigenvalue weighted by Gasteiger charge is -2.13. The summed E-state index contributed by atoms with van der Waals surface area (Å²) in [6, 6.07) is 7.80. The molecule has 0 radical (unpaired) electrons. The highest BCUT2D eigenvalue weighted by molar-refractivity contribution is 7.80. The first-order valence-electron chi connectivity index (χ1n) is 6.10. The molecule has 1 fully saturated rings. The van der Waals surface area contributed by atoms with Crippen molar-refractivity contribution >= 4 is 29.1 Å². The minimum atomic E-state index is -0.314. The van der Waals surface area contributed by atoms with E-state index >= 15 is 0 Å². The predicted molar refractivity (Wildman–Crippen MR) is 78.5 cm³/mol. The zero-order chi connectivity index (χ0) is 13.8. The Labute approximate surface area is 117 Å². The van der Waals surface area contributed by atoms with Crippen molar-refractivity contribution in [2.45, 2.75) is 13.0 Å². The van der Waals surface area contributed by atoms with Crippen LogP contribution in [0.15, 0.2) is 24.3 Å². The number of rotatable bonds is 3. The van der Waals surface area contributed by atoms with Crippen LogP contribution in [0.3, 0.4) is 0 Å². The van der Waals surface area contributed by atoms with Gasteiger partial charge in [0.2, 0.25) is 0 Å². The van der Waals surface area contributed by atoms with Gasteiger partial charge in [-0.05, 0) is 31.3 Å². The summed E-state index contributed by atoms with van der Waals surface area (Å²) in [6.07, 6.45) is -0.508. The SMILES string of the molecule is CNC(=S)NC[C@H]1CN(c2ccc(C)cc2)C(=O)O1. The van der Waals surface area contributed by atoms with Gasteiger partial charge in [-0.3, -0.25) is 4.90 Å². The zero-order valence-electron chi connectivity index (χ0n) is 11.0. The van der Waals surface area contributed by atoms with E-state index in [4.69, 9.17) is 17.0 Å². The second kappa shape index (κ2) is 5.88. The molecule has 1 aliphatic rings. The molecular weight excluding hydrogens is 262 g/mol. The summed E-state index contributed by atoms with van der Waals surface area (Å²) in [7, 11) is 1.74. The normalized spacial score (nSPS) is 18.1. The van der Waals surface area contributed by atoms with Gasteiger partial charge >= 0.3 is 6.09 Å². The van der Waals surface area contributed by atoms with E-state index in [9.17, 15) is 4.79 Å². The van der Waals surface area contributed by atoms with Crippen molar-refractivity contribution in [3.8, 4) is 0 Å². The molecular formula is C13H17N3O2S. The van der Waals surface area contributed by atoms with Crippen molar-refractivity contribution in [3.05, 3.63) is 29.8 Å². The summed E-state index contributed by atoms with van der Waals surface area (Å²) >= 11 is 4.98. The number of nitrogens with one attached hydrogen (secondary N) is 2. The van der Waals surface area contributed by atoms with E-state index in [2.05, 4.69) is 10.6 Å². The van der Waals surface area contributed by atoms with Crippen LogP contribution in [0.4, 0.5) is 10.5 Å². The molecule has 1 saturated heterocycles. The maximum Gasteiger partial charge on any atom is 0.414 e. The van der Waals surface area contributed by atoms with E-state index in [1.165, 1.54) is 0 Å². The zero-order valence-corrected chi connectivity index (χ0v) is 11.8. The van der Waals surface area contributed by atoms with E-state index in [1.54, 1.807) is 11.9 Å². The number of thiocarbonyl (C=S) groups is 1. The standard InChI is InChI=1S/C13H17N3O2S/c1-9-3-5-10(6-4-9)16-8-11(18-13(16)17)7-15-12(19)14-2/h3-6,11H,7-8H2,1-2H3,(H2,14,15,19)/t11-/m0/s1. The second-order valence-corrected chi connectivity index (χ2v) is 4.82. The fourth-order valence-electron chi connectivity index (χ4n) is 1.86. The van der Waals surface area contributed by atoms with E-state index in [1.807, 2.05) is 31.2 Å². The molecule has 2 N–H and O–H groups in total. The van der Waals surface area contributed by atoms with Crippen molar-refractivity contribution in [1.82, 2.24) is 10.6 Å². The molecule has 19 heavy (non-hydrogen) atoms. The molecule has 6 heteroatoms. The predicted octanol–water partition coefficient (Wildman–Crippen LogP) is 1.41. The van der Waals surface area contributed by atoms with Gasteiger partial charge in [0.1, 0.15) is 6.10 Å². The molecule has 2 rings (SSSR count). The third-order valence-electron chi connectivity index (χ3n) is 2.94. The molecule has 1 amide bonds. The third-order valence-corrected chi connectivity index (χ3v) is 3.29. The number of anilines is 1. The Hall–Kier alpha value is -1.82. The van der Waals surface area contributed by atoms with Crippen LogP contribution in [0.5, 0.6) is 0 Å². The fourth-order valence-corrected chi connectivity index (χ4v) is 1.94. The Morgan fingerprint density at radius 2 is 2.16 bits per heavy atom. The molecule has 0 saturated carbocycles. The van der Waals surface area contributed by atoms with Gasteiger partial charge in [-0.25, -0.2) is 4.79 Å². The molecule has 1 aromatic carbocycles. The molecule has 0 aliphatic carbocycles. The maximum absolute atomic E-state index is 11.8. The van der Waals surface area contributed by atoms with Crippen LogP contribution >= 0.6 is 12.2 Å². The fraction of sp³-hybridized carbons (Fsp3) is 0.385. The molecule has 1 atom stereocenters. The van der Waals surface area contributed by atoms with E-state index < -0.39 is 0 Å². The number of amides is 1. The van der Waals surface area contributed by atoms with Crippen molar-refractivity contribution < 1.29 is 9.53 Å². The quantitative estimate of drug-likeness (QED) is 0.820. The number of hydrogen-bond donors (Lipinski definition) is 2. The lowest BCUT2D eigenvalue weighted by atomic mass is 10.2. The molecule has 5 nitrogen and oxygen atoms in total. The maximum atomic E-state index is 11.8. The van der Waals surface area contributed by atoms with Crippen molar-refractivity contribution in [2.75, 3.05) is 25.0 Å². The van der Waals surface area contributed by atoms with Crippen LogP contribution in [0.2, 0.25) is 0 Å². The summed E-state index contributed by atoms with van der Waals surface area (Å²) in [5.74, 6) is 0. The Morgan fingerprint density at radius 3 is 2.79 bits per heavy atom. The van der Waals surface area contributed by atoms with Crippen molar-refractivity contribution in [2.24, 2.45) is 0 Å². The van der Waals surface area contributed by atoms with Gasteiger partial charge in [-0.2, -0.15) is 0 Å². The minimum absolute atomic E-state index is 0.194. The molecule has 0 spiro atoms. The molecule has 0 aromatic heterocycles. The van der Waals surface area contributed by atoms with Crippen molar-refractivity contribution in [1.29, 1.82) is 0 Å². The van der Waals surface area contributed by atoms with Crippen LogP contribution in [0, 0.1) is 6.92 Å². The number of aryl methyl sites for hydroxylation is 1. The number of benzene rings is 1. The number of carbonyl (C=O) groups excluding carboxylic acids is 1. The minimum Gasteiger partial charge on any atom is -0.442 e. The number of nitrogens with zero attached hydrogens (tertiary/aromatic N) is 1. The Balaban J connectivity index is 1.96. The van der Waals surface area contributed by atoms with Crippen LogP contribution in [-0.4, -0.2) is 37.4 Å². The smallest absolute Gasteiger partial charge is 0.414 e. The lowest BCUT2D eigenvalue weighted by molar-refractivity contribution is 0.143. The first kappa shape index (κ1) is 13.6. The van der Waals surface area contributed by atoms with Gasteiger partial charge in [0.15, 0.2) is 5.11 Å². The van der Waals surface area contributed by atoms with Gasteiger partial charge < -0.3 is 15.4 Å². The van der Waals surface area contributed by atoms with Gasteiger partial charge in [-0.15, -0.1) is 0 Å². The second-order valence-electron chi connectivity index (χ2n) is 4.41. The summed E-state index contributed by atoms with van der Waals surface area (Å²) < 4.78 is 5.29. The Kier molecular flexibility index (Phi) is 4.21. The van der Waals surface area contributed by atoms with Crippen LogP contribution in [0.1, 0.15) is 5.56 Å². The first-order valence-corrected chi connectivity index (χ1v) is 6.51. The first-order chi connectivity index (χ1) is 9.10. The lowest BCUT2D eigenvalue weighted by Crippen LogP contribution is -2.39. The average molecular weight is 279 g/mol. The van der Waals surface area contributed by atoms with Gasteiger partial charge in [-0.1, -0.05) is 17.7 Å². The van der Waals surface area contributed by atoms with Gasteiger partial charge in [0.05, 0.1) is 13.1 Å². The number of ether oxygens (including phenoxy) is 1. The monoisotopic (exact) mass is 279 g/mol. The topological polar surface area (TPSA) is 53.6 Å². The third kappa shape index (κ3) is 3.35. The molecule has 0 unspecified atom stereocenters. The molecule has 1 heterocycles. The summed E-state index contributed by atoms with van der Waals surface area (Å²) in [5.41, 5.74) is 2.02. The van der Waals surface area contributed by atoms with Crippen LogP contribution in [0.25, 0.3) is 0 Å². The number of hydrogen-bond acceptors (Lipinski definition) is 3. The number of cyclic esters (lactones) is 1.